The van der Waals surface area contributed by atoms with Crippen LogP contribution in [0.15, 0.2) is 18.2 Å². The van der Waals surface area contributed by atoms with Crippen LogP contribution >= 0.6 is 0 Å². The number of hydrogen-bond donors (Lipinski definition) is 0. The summed E-state index contributed by atoms with van der Waals surface area (Å²) < 4.78 is 28.5. The average molecular weight is 312 g/mol. The zero-order valence-corrected chi connectivity index (χ0v) is 13.1. The molecule has 0 saturated carbocycles. The van der Waals surface area contributed by atoms with E-state index in [1.807, 2.05) is 0 Å². The molecule has 0 aliphatic rings. The van der Waals surface area contributed by atoms with Gasteiger partial charge in [-0.3, -0.25) is 9.59 Å². The molecule has 0 bridgehead atoms. The monoisotopic (exact) mass is 312 g/mol. The van der Waals surface area contributed by atoms with E-state index in [-0.39, 0.29) is 31.8 Å². The third-order valence-corrected chi connectivity index (χ3v) is 3.08. The van der Waals surface area contributed by atoms with Crippen LogP contribution < -0.4 is 4.74 Å². The molecule has 1 aromatic rings. The highest BCUT2D eigenvalue weighted by Gasteiger charge is 2.22. The number of benzene rings is 1. The van der Waals surface area contributed by atoms with E-state index >= 15 is 0 Å². The number of rotatable bonds is 8. The molecule has 0 atom stereocenters. The standard InChI is InChI=1S/C16H21FO5/c1-4-21-15(18)9-12(10-16(19)22-5-2)11-6-7-14(20-3)13(17)8-11/h6-8,12H,4-5,9-10H2,1-3H3. The van der Waals surface area contributed by atoms with Crippen molar-refractivity contribution in [2.45, 2.75) is 32.6 Å². The van der Waals surface area contributed by atoms with E-state index in [9.17, 15) is 14.0 Å². The van der Waals surface area contributed by atoms with Gasteiger partial charge in [0.1, 0.15) is 0 Å². The fourth-order valence-electron chi connectivity index (χ4n) is 2.09. The van der Waals surface area contributed by atoms with Crippen LogP contribution in [0.1, 0.15) is 38.2 Å². The van der Waals surface area contributed by atoms with Crippen LogP contribution in [-0.4, -0.2) is 32.3 Å². The highest BCUT2D eigenvalue weighted by atomic mass is 19.1. The Morgan fingerprint density at radius 3 is 2.05 bits per heavy atom. The van der Waals surface area contributed by atoms with E-state index in [0.717, 1.165) is 0 Å². The molecule has 1 rings (SSSR count). The van der Waals surface area contributed by atoms with Gasteiger partial charge in [-0.25, -0.2) is 4.39 Å². The molecule has 0 saturated heterocycles. The Morgan fingerprint density at radius 2 is 1.64 bits per heavy atom. The van der Waals surface area contributed by atoms with Crippen molar-refractivity contribution in [3.8, 4) is 5.75 Å². The molecule has 0 fully saturated rings. The molecule has 22 heavy (non-hydrogen) atoms. The van der Waals surface area contributed by atoms with Gasteiger partial charge in [-0.05, 0) is 31.5 Å². The third kappa shape index (κ3) is 5.35. The van der Waals surface area contributed by atoms with Crippen molar-refractivity contribution in [1.29, 1.82) is 0 Å². The number of halogens is 1. The van der Waals surface area contributed by atoms with E-state index in [0.29, 0.717) is 5.56 Å². The minimum Gasteiger partial charge on any atom is -0.494 e. The molecule has 0 amide bonds. The number of carbonyl (C=O) groups excluding carboxylic acids is 2. The van der Waals surface area contributed by atoms with Crippen molar-refractivity contribution >= 4 is 11.9 Å². The Labute approximate surface area is 129 Å². The zero-order chi connectivity index (χ0) is 16.5. The van der Waals surface area contributed by atoms with Gasteiger partial charge in [-0.15, -0.1) is 0 Å². The van der Waals surface area contributed by atoms with E-state index in [1.165, 1.54) is 19.2 Å². The fourth-order valence-corrected chi connectivity index (χ4v) is 2.09. The predicted octanol–water partition coefficient (Wildman–Crippen LogP) is 2.82. The van der Waals surface area contributed by atoms with Crippen molar-refractivity contribution in [2.24, 2.45) is 0 Å². The van der Waals surface area contributed by atoms with Crippen molar-refractivity contribution in [3.63, 3.8) is 0 Å². The largest absolute Gasteiger partial charge is 0.494 e. The Hall–Kier alpha value is -2.11. The fraction of sp³-hybridized carbons (Fsp3) is 0.500. The molecule has 0 aliphatic carbocycles. The first kappa shape index (κ1) is 17.9. The molecule has 6 heteroatoms. The molecule has 0 unspecified atom stereocenters. The smallest absolute Gasteiger partial charge is 0.306 e. The molecule has 0 N–H and O–H groups in total. The molecule has 122 valence electrons. The van der Waals surface area contributed by atoms with Crippen molar-refractivity contribution in [2.75, 3.05) is 20.3 Å². The van der Waals surface area contributed by atoms with Gasteiger partial charge in [0.2, 0.25) is 0 Å². The second-order valence-electron chi connectivity index (χ2n) is 4.61. The van der Waals surface area contributed by atoms with Gasteiger partial charge < -0.3 is 14.2 Å². The van der Waals surface area contributed by atoms with Gasteiger partial charge in [-0.1, -0.05) is 6.07 Å². The lowest BCUT2D eigenvalue weighted by Gasteiger charge is -2.16. The van der Waals surface area contributed by atoms with Gasteiger partial charge >= 0.3 is 11.9 Å². The topological polar surface area (TPSA) is 61.8 Å². The number of methoxy groups -OCH3 is 1. The number of carbonyl (C=O) groups is 2. The minimum atomic E-state index is -0.544. The molecule has 0 radical (unpaired) electrons. The normalized spacial score (nSPS) is 10.4. The summed E-state index contributed by atoms with van der Waals surface area (Å²) in [7, 11) is 1.37. The summed E-state index contributed by atoms with van der Waals surface area (Å²) in [6.07, 6.45) is -0.0309. The summed E-state index contributed by atoms with van der Waals surface area (Å²) in [4.78, 5) is 23.4. The second-order valence-corrected chi connectivity index (χ2v) is 4.61. The first-order valence-electron chi connectivity index (χ1n) is 7.16. The van der Waals surface area contributed by atoms with Crippen molar-refractivity contribution < 1.29 is 28.2 Å². The summed E-state index contributed by atoms with van der Waals surface area (Å²) in [5, 5.41) is 0. The van der Waals surface area contributed by atoms with Gasteiger partial charge in [0.25, 0.3) is 0 Å². The van der Waals surface area contributed by atoms with E-state index in [4.69, 9.17) is 14.2 Å². The zero-order valence-electron chi connectivity index (χ0n) is 13.1. The summed E-state index contributed by atoms with van der Waals surface area (Å²) in [6, 6.07) is 4.36. The molecule has 1 aromatic carbocycles. The van der Waals surface area contributed by atoms with Crippen LogP contribution in [0.5, 0.6) is 5.75 Å². The number of esters is 2. The Bertz CT molecular complexity index is 495. The van der Waals surface area contributed by atoms with Crippen molar-refractivity contribution in [3.05, 3.63) is 29.6 Å². The second kappa shape index (κ2) is 9.02. The first-order valence-corrected chi connectivity index (χ1v) is 7.16. The summed E-state index contributed by atoms with van der Waals surface area (Å²) >= 11 is 0. The van der Waals surface area contributed by atoms with Crippen LogP contribution in [0.3, 0.4) is 0 Å². The van der Waals surface area contributed by atoms with Crippen LogP contribution in [0, 0.1) is 5.82 Å². The van der Waals surface area contributed by atoms with E-state index in [1.54, 1.807) is 19.9 Å². The number of ether oxygens (including phenoxy) is 3. The highest BCUT2D eigenvalue weighted by Crippen LogP contribution is 2.28. The quantitative estimate of drug-likeness (QED) is 0.691. The molecular formula is C16H21FO5. The molecule has 0 aliphatic heterocycles. The average Bonchev–Trinajstić information content (AvgIpc) is 2.47. The minimum absolute atomic E-state index is 0.0155. The van der Waals surface area contributed by atoms with Gasteiger partial charge in [-0.2, -0.15) is 0 Å². The van der Waals surface area contributed by atoms with Crippen LogP contribution in [-0.2, 0) is 19.1 Å². The summed E-state index contributed by atoms with van der Waals surface area (Å²) in [5.74, 6) is -1.81. The van der Waals surface area contributed by atoms with Gasteiger partial charge in [0, 0.05) is 5.92 Å². The van der Waals surface area contributed by atoms with Gasteiger partial charge in [0.05, 0.1) is 33.2 Å². The maximum absolute atomic E-state index is 13.8. The first-order chi connectivity index (χ1) is 10.5. The molecule has 0 heterocycles. The molecule has 0 spiro atoms. The van der Waals surface area contributed by atoms with Crippen LogP contribution in [0.4, 0.5) is 4.39 Å². The lowest BCUT2D eigenvalue weighted by molar-refractivity contribution is -0.145. The van der Waals surface area contributed by atoms with E-state index < -0.39 is 23.7 Å². The highest BCUT2D eigenvalue weighted by molar-refractivity contribution is 5.74. The maximum atomic E-state index is 13.8. The van der Waals surface area contributed by atoms with E-state index in [2.05, 4.69) is 0 Å². The molecule has 0 aromatic heterocycles. The lowest BCUT2D eigenvalue weighted by atomic mass is 9.92. The third-order valence-electron chi connectivity index (χ3n) is 3.08. The van der Waals surface area contributed by atoms with Crippen LogP contribution in [0.25, 0.3) is 0 Å². The lowest BCUT2D eigenvalue weighted by Crippen LogP contribution is -2.16. The predicted molar refractivity (Wildman–Crippen MR) is 78.2 cm³/mol. The maximum Gasteiger partial charge on any atom is 0.306 e. The summed E-state index contributed by atoms with van der Waals surface area (Å²) in [6.45, 7) is 3.90. The Kier molecular flexibility index (Phi) is 7.36. The summed E-state index contributed by atoms with van der Waals surface area (Å²) in [5.41, 5.74) is 0.527. The Balaban J connectivity index is 2.94. The SMILES string of the molecule is CCOC(=O)CC(CC(=O)OCC)c1ccc(OC)c(F)c1. The molecular weight excluding hydrogens is 291 g/mol. The van der Waals surface area contributed by atoms with Gasteiger partial charge in [0.15, 0.2) is 11.6 Å². The number of hydrogen-bond acceptors (Lipinski definition) is 5. The molecule has 5 nitrogen and oxygen atoms in total. The Morgan fingerprint density at radius 1 is 1.09 bits per heavy atom. The van der Waals surface area contributed by atoms with Crippen LogP contribution in [0.2, 0.25) is 0 Å². The van der Waals surface area contributed by atoms with Crippen molar-refractivity contribution in [1.82, 2.24) is 0 Å².